The van der Waals surface area contributed by atoms with Gasteiger partial charge in [-0.15, -0.1) is 0 Å². The highest BCUT2D eigenvalue weighted by Gasteiger charge is 2.26. The fourth-order valence-electron chi connectivity index (χ4n) is 2.13. The predicted octanol–water partition coefficient (Wildman–Crippen LogP) is 1.08. The Morgan fingerprint density at radius 2 is 2.11 bits per heavy atom. The highest BCUT2D eigenvalue weighted by Crippen LogP contribution is 2.47. The van der Waals surface area contributed by atoms with E-state index in [4.69, 9.17) is 24.3 Å². The molecule has 0 saturated heterocycles. The third-order valence-corrected chi connectivity index (χ3v) is 5.18. The van der Waals surface area contributed by atoms with Crippen molar-refractivity contribution < 1.29 is 27.9 Å². The average Bonchev–Trinajstić information content (AvgIpc) is 3.02. The van der Waals surface area contributed by atoms with Crippen LogP contribution >= 0.6 is 7.60 Å². The lowest BCUT2D eigenvalue weighted by Gasteiger charge is -2.20. The van der Waals surface area contributed by atoms with Crippen LogP contribution in [0.5, 0.6) is 0 Å². The normalized spacial score (nSPS) is 14.9. The van der Waals surface area contributed by atoms with Crippen LogP contribution in [0.25, 0.3) is 11.2 Å². The maximum atomic E-state index is 12.5. The number of fused-ring (bicyclic) bond motifs is 1. The van der Waals surface area contributed by atoms with Crippen LogP contribution in [0, 0.1) is 5.92 Å². The van der Waals surface area contributed by atoms with E-state index in [1.807, 2.05) is 0 Å². The summed E-state index contributed by atoms with van der Waals surface area (Å²) in [5, 5.41) is 0. The van der Waals surface area contributed by atoms with Crippen molar-refractivity contribution in [3.8, 4) is 0 Å². The molecule has 0 fully saturated rings. The number of ether oxygens (including phenoxy) is 2. The van der Waals surface area contributed by atoms with Crippen molar-refractivity contribution in [1.29, 1.82) is 0 Å². The molecule has 13 heteroatoms. The molecular formula is C15H24N5O7P. The number of imidazole rings is 1. The summed E-state index contributed by atoms with van der Waals surface area (Å²) in [6.45, 7) is 4.82. The molecule has 0 aliphatic heterocycles. The number of nitrogens with zero attached hydrogens (tertiary/aromatic N) is 3. The van der Waals surface area contributed by atoms with Crippen LogP contribution in [-0.4, -0.2) is 51.8 Å². The lowest BCUT2D eigenvalue weighted by Crippen LogP contribution is -2.19. The van der Waals surface area contributed by atoms with Gasteiger partial charge < -0.3 is 24.3 Å². The monoisotopic (exact) mass is 417 g/mol. The standard InChI is InChI=1S/C15H24N5O7P/c1-9(2)14(22)25-7-27-28(23,24-4)8-26-10(3)5-20-6-17-11-12(20)18-15(16)19-13(11)21/h6,9-10H,5,7-8H2,1-4H3,(H3,16,18,19,21). The van der Waals surface area contributed by atoms with Crippen LogP contribution in [0.3, 0.4) is 0 Å². The maximum Gasteiger partial charge on any atom is 0.358 e. The van der Waals surface area contributed by atoms with E-state index in [0.29, 0.717) is 5.65 Å². The molecule has 3 N–H and O–H groups in total. The number of anilines is 1. The molecule has 2 unspecified atom stereocenters. The maximum absolute atomic E-state index is 12.5. The van der Waals surface area contributed by atoms with Crippen molar-refractivity contribution >= 4 is 30.7 Å². The second kappa shape index (κ2) is 9.28. The minimum atomic E-state index is -3.61. The van der Waals surface area contributed by atoms with E-state index in [1.54, 1.807) is 25.3 Å². The molecular weight excluding hydrogens is 393 g/mol. The van der Waals surface area contributed by atoms with E-state index in [0.717, 1.165) is 0 Å². The van der Waals surface area contributed by atoms with Crippen LogP contribution in [0.15, 0.2) is 11.1 Å². The summed E-state index contributed by atoms with van der Waals surface area (Å²) in [7, 11) is -2.40. The Morgan fingerprint density at radius 3 is 2.75 bits per heavy atom. The molecule has 2 aromatic heterocycles. The number of carbonyl (C=O) groups excluding carboxylic acids is 1. The Bertz CT molecular complexity index is 925. The van der Waals surface area contributed by atoms with E-state index >= 15 is 0 Å². The molecule has 0 amide bonds. The van der Waals surface area contributed by atoms with Gasteiger partial charge in [0.25, 0.3) is 5.56 Å². The number of hydrogen-bond acceptors (Lipinski definition) is 10. The third kappa shape index (κ3) is 5.61. The van der Waals surface area contributed by atoms with Gasteiger partial charge in [0.15, 0.2) is 11.2 Å². The summed E-state index contributed by atoms with van der Waals surface area (Å²) in [6.07, 6.45) is 0.626. The number of nitrogens with one attached hydrogen (secondary N) is 1. The number of carbonyl (C=O) groups is 1. The van der Waals surface area contributed by atoms with Crippen LogP contribution < -0.4 is 11.3 Å². The molecule has 0 aliphatic carbocycles. The van der Waals surface area contributed by atoms with E-state index in [1.165, 1.54) is 13.4 Å². The Balaban J connectivity index is 1.93. The molecule has 0 aliphatic rings. The van der Waals surface area contributed by atoms with Gasteiger partial charge in [-0.3, -0.25) is 23.7 Å². The molecule has 0 bridgehead atoms. The number of nitrogens with two attached hydrogens (primary N) is 1. The second-order valence-electron chi connectivity index (χ2n) is 6.29. The van der Waals surface area contributed by atoms with Crippen LogP contribution in [-0.2, 0) is 34.4 Å². The first-order chi connectivity index (χ1) is 13.1. The van der Waals surface area contributed by atoms with Gasteiger partial charge in [0.05, 0.1) is 24.9 Å². The first kappa shape index (κ1) is 22.0. The zero-order chi connectivity index (χ0) is 20.9. The first-order valence-corrected chi connectivity index (χ1v) is 10.2. The van der Waals surface area contributed by atoms with Crippen molar-refractivity contribution in [2.24, 2.45) is 5.92 Å². The number of hydrogen-bond donors (Lipinski definition) is 2. The number of H-pyrrole nitrogens is 1. The fourth-order valence-corrected chi connectivity index (χ4v) is 3.06. The molecule has 156 valence electrons. The van der Waals surface area contributed by atoms with Gasteiger partial charge in [-0.2, -0.15) is 4.98 Å². The lowest BCUT2D eigenvalue weighted by atomic mass is 10.2. The minimum absolute atomic E-state index is 0.0268. The van der Waals surface area contributed by atoms with Crippen molar-refractivity contribution in [2.45, 2.75) is 33.4 Å². The molecule has 0 aromatic carbocycles. The van der Waals surface area contributed by atoms with E-state index in [9.17, 15) is 14.2 Å². The van der Waals surface area contributed by atoms with Gasteiger partial charge in [0.1, 0.15) is 6.35 Å². The van der Waals surface area contributed by atoms with Gasteiger partial charge in [-0.1, -0.05) is 13.8 Å². The van der Waals surface area contributed by atoms with E-state index < -0.39 is 32.0 Å². The Hall–Kier alpha value is -2.27. The summed E-state index contributed by atoms with van der Waals surface area (Å²) >= 11 is 0. The van der Waals surface area contributed by atoms with Crippen LogP contribution in [0.1, 0.15) is 20.8 Å². The SMILES string of the molecule is COP(=O)(COC(C)Cn1cnc2c(=O)[nH]c(N)nc21)OCOC(=O)C(C)C. The molecule has 2 rings (SSSR count). The zero-order valence-electron chi connectivity index (χ0n) is 16.1. The summed E-state index contributed by atoms with van der Waals surface area (Å²) in [6, 6.07) is 0. The molecule has 0 spiro atoms. The number of esters is 1. The number of nitrogen functional groups attached to an aromatic ring is 1. The third-order valence-electron chi connectivity index (χ3n) is 3.66. The van der Waals surface area contributed by atoms with E-state index in [-0.39, 0.29) is 30.3 Å². The smallest absolute Gasteiger partial charge is 0.358 e. The summed E-state index contributed by atoms with van der Waals surface area (Å²) in [5.74, 6) is -0.839. The number of aromatic nitrogens is 4. The van der Waals surface area contributed by atoms with Gasteiger partial charge in [-0.25, -0.2) is 4.98 Å². The Kier molecular flexibility index (Phi) is 7.30. The van der Waals surface area contributed by atoms with Crippen molar-refractivity contribution in [3.63, 3.8) is 0 Å². The second-order valence-corrected chi connectivity index (χ2v) is 8.39. The molecule has 28 heavy (non-hydrogen) atoms. The molecule has 0 radical (unpaired) electrons. The summed E-state index contributed by atoms with van der Waals surface area (Å²) in [5.41, 5.74) is 5.58. The molecule has 0 saturated carbocycles. The van der Waals surface area contributed by atoms with Gasteiger partial charge >= 0.3 is 13.6 Å². The summed E-state index contributed by atoms with van der Waals surface area (Å²) in [4.78, 5) is 33.6. The zero-order valence-corrected chi connectivity index (χ0v) is 17.0. The van der Waals surface area contributed by atoms with E-state index in [2.05, 4.69) is 15.0 Å². The van der Waals surface area contributed by atoms with Crippen LogP contribution in [0.4, 0.5) is 5.95 Å². The molecule has 12 nitrogen and oxygen atoms in total. The largest absolute Gasteiger partial charge is 0.438 e. The Morgan fingerprint density at radius 1 is 1.39 bits per heavy atom. The number of rotatable bonds is 10. The molecule has 2 atom stereocenters. The minimum Gasteiger partial charge on any atom is -0.438 e. The fraction of sp³-hybridized carbons (Fsp3) is 0.600. The molecule has 2 aromatic rings. The van der Waals surface area contributed by atoms with Gasteiger partial charge in [0, 0.05) is 7.11 Å². The predicted molar refractivity (Wildman–Crippen MR) is 99.5 cm³/mol. The first-order valence-electron chi connectivity index (χ1n) is 8.43. The highest BCUT2D eigenvalue weighted by atomic mass is 31.2. The lowest BCUT2D eigenvalue weighted by molar-refractivity contribution is -0.154. The van der Waals surface area contributed by atoms with Crippen LogP contribution in [0.2, 0.25) is 0 Å². The van der Waals surface area contributed by atoms with Gasteiger partial charge in [0.2, 0.25) is 12.7 Å². The van der Waals surface area contributed by atoms with Crippen molar-refractivity contribution in [1.82, 2.24) is 19.5 Å². The van der Waals surface area contributed by atoms with Crippen molar-refractivity contribution in [2.75, 3.05) is 26.0 Å². The summed E-state index contributed by atoms with van der Waals surface area (Å²) < 4.78 is 34.4. The highest BCUT2D eigenvalue weighted by molar-refractivity contribution is 7.53. The Labute approximate surface area is 160 Å². The quantitative estimate of drug-likeness (QED) is 0.325. The van der Waals surface area contributed by atoms with Crippen molar-refractivity contribution in [3.05, 3.63) is 16.7 Å². The van der Waals surface area contributed by atoms with Gasteiger partial charge in [-0.05, 0) is 6.92 Å². The topological polar surface area (TPSA) is 161 Å². The molecule has 2 heterocycles. The number of aromatic amines is 1. The average molecular weight is 417 g/mol.